The van der Waals surface area contributed by atoms with Crippen molar-refractivity contribution < 1.29 is 13.2 Å². The maximum Gasteiger partial charge on any atom is 0.224 e. The molecule has 2 rings (SSSR count). The van der Waals surface area contributed by atoms with Gasteiger partial charge in [0.25, 0.3) is 0 Å². The van der Waals surface area contributed by atoms with Crippen LogP contribution in [0, 0.1) is 0 Å². The van der Waals surface area contributed by atoms with Crippen LogP contribution in [0.15, 0.2) is 12.1 Å². The lowest BCUT2D eigenvalue weighted by Crippen LogP contribution is -2.23. The molecule has 7 nitrogen and oxygen atoms in total. The highest BCUT2D eigenvalue weighted by molar-refractivity contribution is 7.89. The Morgan fingerprint density at radius 2 is 2.05 bits per heavy atom. The van der Waals surface area contributed by atoms with Crippen molar-refractivity contribution in [1.82, 2.24) is 0 Å². The molecule has 0 bridgehead atoms. The van der Waals surface area contributed by atoms with E-state index in [9.17, 15) is 13.2 Å². The number of aryl methyl sites for hydroxylation is 1. The average molecular weight is 284 g/mol. The van der Waals surface area contributed by atoms with E-state index in [4.69, 9.17) is 10.9 Å². The molecule has 0 atom stereocenters. The van der Waals surface area contributed by atoms with Gasteiger partial charge in [-0.15, -0.1) is 0 Å². The quantitative estimate of drug-likeness (QED) is 0.572. The summed E-state index contributed by atoms with van der Waals surface area (Å²) in [7, 11) is -3.49. The lowest BCUT2D eigenvalue weighted by atomic mass is 10.0. The summed E-state index contributed by atoms with van der Waals surface area (Å²) in [6.45, 7) is 0.189. The van der Waals surface area contributed by atoms with Crippen LogP contribution in [0.4, 0.5) is 17.1 Å². The fourth-order valence-corrected chi connectivity index (χ4v) is 2.31. The fraction of sp³-hybridized carbons (Fsp3) is 0.364. The molecule has 1 aliphatic rings. The highest BCUT2D eigenvalue weighted by Gasteiger charge is 2.16. The SMILES string of the molecule is Nc1cc2c(cc1NCCS(N)(=O)=O)CCC(=O)N2. The number of benzene rings is 1. The third kappa shape index (κ3) is 3.58. The Hall–Kier alpha value is -1.80. The molecule has 1 amide bonds. The third-order valence-electron chi connectivity index (χ3n) is 2.87. The number of rotatable bonds is 4. The van der Waals surface area contributed by atoms with Gasteiger partial charge in [-0.25, -0.2) is 13.6 Å². The summed E-state index contributed by atoms with van der Waals surface area (Å²) in [5.74, 6) is -0.192. The van der Waals surface area contributed by atoms with Crippen LogP contribution in [0.1, 0.15) is 12.0 Å². The van der Waals surface area contributed by atoms with Crippen molar-refractivity contribution in [3.05, 3.63) is 17.7 Å². The van der Waals surface area contributed by atoms with Crippen LogP contribution in [0.3, 0.4) is 0 Å². The van der Waals surface area contributed by atoms with Crippen molar-refractivity contribution >= 4 is 33.0 Å². The minimum atomic E-state index is -3.49. The molecule has 0 radical (unpaired) electrons. The molecule has 0 aromatic heterocycles. The minimum Gasteiger partial charge on any atom is -0.397 e. The second kappa shape index (κ2) is 5.06. The van der Waals surface area contributed by atoms with E-state index in [0.29, 0.717) is 29.9 Å². The number of anilines is 3. The van der Waals surface area contributed by atoms with Gasteiger partial charge >= 0.3 is 0 Å². The Kier molecular flexibility index (Phi) is 3.63. The van der Waals surface area contributed by atoms with Gasteiger partial charge in [0.1, 0.15) is 0 Å². The van der Waals surface area contributed by atoms with Crippen molar-refractivity contribution in [3.63, 3.8) is 0 Å². The van der Waals surface area contributed by atoms with Crippen LogP contribution in [0.5, 0.6) is 0 Å². The van der Waals surface area contributed by atoms with Gasteiger partial charge in [-0.1, -0.05) is 0 Å². The average Bonchev–Trinajstić information content (AvgIpc) is 2.28. The predicted molar refractivity (Wildman–Crippen MR) is 74.3 cm³/mol. The van der Waals surface area contributed by atoms with Crippen LogP contribution in [0.2, 0.25) is 0 Å². The second-order valence-corrected chi connectivity index (χ2v) is 6.17. The Balaban J connectivity index is 2.12. The number of sulfonamides is 1. The van der Waals surface area contributed by atoms with E-state index in [2.05, 4.69) is 10.6 Å². The Bertz CT molecular complexity index is 613. The smallest absolute Gasteiger partial charge is 0.224 e. The highest BCUT2D eigenvalue weighted by atomic mass is 32.2. The van der Waals surface area contributed by atoms with Gasteiger partial charge in [0.15, 0.2) is 0 Å². The summed E-state index contributed by atoms with van der Waals surface area (Å²) >= 11 is 0. The van der Waals surface area contributed by atoms with Gasteiger partial charge in [0.2, 0.25) is 15.9 Å². The minimum absolute atomic E-state index is 0.0261. The zero-order valence-electron chi connectivity index (χ0n) is 10.3. The molecular formula is C11H16N4O3S. The predicted octanol–water partition coefficient (Wildman–Crippen LogP) is -0.146. The van der Waals surface area contributed by atoms with Gasteiger partial charge in [-0.2, -0.15) is 0 Å². The molecule has 0 saturated heterocycles. The van der Waals surface area contributed by atoms with Crippen LogP contribution in [0.25, 0.3) is 0 Å². The van der Waals surface area contributed by atoms with Crippen LogP contribution < -0.4 is 21.5 Å². The molecule has 0 aliphatic carbocycles. The molecule has 1 heterocycles. The monoisotopic (exact) mass is 284 g/mol. The number of amides is 1. The lowest BCUT2D eigenvalue weighted by Gasteiger charge is -2.19. The van der Waals surface area contributed by atoms with Gasteiger partial charge in [0.05, 0.1) is 17.1 Å². The number of fused-ring (bicyclic) bond motifs is 1. The summed E-state index contributed by atoms with van der Waals surface area (Å²) in [6, 6.07) is 3.50. The number of carbonyl (C=O) groups is 1. The van der Waals surface area contributed by atoms with Gasteiger partial charge in [-0.05, 0) is 24.1 Å². The standard InChI is InChI=1S/C11H16N4O3S/c12-8-6-9-7(1-2-11(16)15-9)5-10(8)14-3-4-19(13,17)18/h5-6,14H,1-4,12H2,(H,15,16)(H2,13,17,18). The molecule has 0 fully saturated rings. The number of hydrogen-bond acceptors (Lipinski definition) is 5. The third-order valence-corrected chi connectivity index (χ3v) is 3.65. The van der Waals surface area contributed by atoms with E-state index in [1.807, 2.05) is 6.07 Å². The topological polar surface area (TPSA) is 127 Å². The fourth-order valence-electron chi connectivity index (χ4n) is 1.93. The van der Waals surface area contributed by atoms with E-state index in [1.54, 1.807) is 6.07 Å². The molecule has 0 saturated carbocycles. The van der Waals surface area contributed by atoms with Crippen molar-refractivity contribution in [2.75, 3.05) is 28.7 Å². The summed E-state index contributed by atoms with van der Waals surface area (Å²) in [5, 5.41) is 10.6. The largest absolute Gasteiger partial charge is 0.397 e. The van der Waals surface area contributed by atoms with Gasteiger partial charge in [0, 0.05) is 18.7 Å². The van der Waals surface area contributed by atoms with Crippen molar-refractivity contribution in [1.29, 1.82) is 0 Å². The summed E-state index contributed by atoms with van der Waals surface area (Å²) < 4.78 is 21.7. The maximum atomic E-state index is 11.3. The number of carbonyl (C=O) groups excluding carboxylic acids is 1. The number of primary sulfonamides is 1. The Labute approximate surface area is 111 Å². The Morgan fingerprint density at radius 1 is 1.32 bits per heavy atom. The lowest BCUT2D eigenvalue weighted by molar-refractivity contribution is -0.116. The molecule has 8 heteroatoms. The first-order valence-electron chi connectivity index (χ1n) is 5.82. The molecule has 0 spiro atoms. The first kappa shape index (κ1) is 13.6. The number of hydrogen-bond donors (Lipinski definition) is 4. The zero-order chi connectivity index (χ0) is 14.0. The van der Waals surface area contributed by atoms with E-state index >= 15 is 0 Å². The van der Waals surface area contributed by atoms with E-state index < -0.39 is 10.0 Å². The highest BCUT2D eigenvalue weighted by Crippen LogP contribution is 2.30. The molecular weight excluding hydrogens is 268 g/mol. The molecule has 1 aromatic carbocycles. The number of nitrogen functional groups attached to an aromatic ring is 1. The van der Waals surface area contributed by atoms with E-state index in [1.165, 1.54) is 0 Å². The molecule has 1 aromatic rings. The zero-order valence-corrected chi connectivity index (χ0v) is 11.1. The number of nitrogens with two attached hydrogens (primary N) is 2. The van der Waals surface area contributed by atoms with Crippen molar-refractivity contribution in [2.24, 2.45) is 5.14 Å². The first-order chi connectivity index (χ1) is 8.85. The van der Waals surface area contributed by atoms with Crippen molar-refractivity contribution in [3.8, 4) is 0 Å². The van der Waals surface area contributed by atoms with Crippen LogP contribution >= 0.6 is 0 Å². The normalized spacial score (nSPS) is 14.7. The maximum absolute atomic E-state index is 11.3. The summed E-state index contributed by atoms with van der Waals surface area (Å²) in [6.07, 6.45) is 1.08. The van der Waals surface area contributed by atoms with E-state index in [0.717, 1.165) is 5.56 Å². The molecule has 6 N–H and O–H groups in total. The summed E-state index contributed by atoms with van der Waals surface area (Å²) in [5.41, 5.74) is 8.64. The van der Waals surface area contributed by atoms with Gasteiger partial charge < -0.3 is 16.4 Å². The first-order valence-corrected chi connectivity index (χ1v) is 7.53. The molecule has 19 heavy (non-hydrogen) atoms. The number of nitrogens with one attached hydrogen (secondary N) is 2. The molecule has 1 aliphatic heterocycles. The Morgan fingerprint density at radius 3 is 2.74 bits per heavy atom. The second-order valence-electron chi connectivity index (χ2n) is 4.44. The van der Waals surface area contributed by atoms with E-state index in [-0.39, 0.29) is 18.2 Å². The molecule has 104 valence electrons. The van der Waals surface area contributed by atoms with Crippen LogP contribution in [-0.4, -0.2) is 26.6 Å². The van der Waals surface area contributed by atoms with Crippen LogP contribution in [-0.2, 0) is 21.2 Å². The van der Waals surface area contributed by atoms with Crippen molar-refractivity contribution in [2.45, 2.75) is 12.8 Å². The van der Waals surface area contributed by atoms with Gasteiger partial charge in [-0.3, -0.25) is 4.79 Å². The summed E-state index contributed by atoms with van der Waals surface area (Å²) in [4.78, 5) is 11.3. The molecule has 0 unspecified atom stereocenters.